The summed E-state index contributed by atoms with van der Waals surface area (Å²) in [4.78, 5) is 18.6. The molecule has 8 nitrogen and oxygen atoms in total. The Labute approximate surface area is 185 Å². The van der Waals surface area contributed by atoms with Gasteiger partial charge in [-0.25, -0.2) is 4.98 Å². The lowest BCUT2D eigenvalue weighted by atomic mass is 10.3. The van der Waals surface area contributed by atoms with E-state index in [1.165, 1.54) is 4.88 Å². The number of aliphatic imine (C=N–C) groups is 1. The van der Waals surface area contributed by atoms with Crippen molar-refractivity contribution in [1.29, 1.82) is 0 Å². The summed E-state index contributed by atoms with van der Waals surface area (Å²) in [5.41, 5.74) is 1.79. The maximum Gasteiger partial charge on any atom is 0.276 e. The molecule has 3 aromatic rings. The van der Waals surface area contributed by atoms with Crippen molar-refractivity contribution in [3.05, 3.63) is 45.8 Å². The molecule has 0 aromatic carbocycles. The Morgan fingerprint density at radius 3 is 2.57 bits per heavy atom. The number of halogens is 1. The van der Waals surface area contributed by atoms with E-state index < -0.39 is 0 Å². The van der Waals surface area contributed by atoms with Crippen LogP contribution in [0.15, 0.2) is 33.9 Å². The van der Waals surface area contributed by atoms with E-state index in [-0.39, 0.29) is 24.0 Å². The smallest absolute Gasteiger partial charge is 0.276 e. The topological polar surface area (TPSA) is 101 Å². The maximum absolute atomic E-state index is 5.26. The summed E-state index contributed by atoms with van der Waals surface area (Å²) < 4.78 is 5.26. The van der Waals surface area contributed by atoms with Crippen LogP contribution < -0.4 is 10.6 Å². The van der Waals surface area contributed by atoms with Gasteiger partial charge in [0.1, 0.15) is 5.69 Å². The molecule has 0 radical (unpaired) electrons. The lowest BCUT2D eigenvalue weighted by Gasteiger charge is -2.10. The van der Waals surface area contributed by atoms with Gasteiger partial charge in [0.25, 0.3) is 5.89 Å². The largest absolute Gasteiger partial charge is 0.356 e. The first-order chi connectivity index (χ1) is 13.2. The molecule has 0 aliphatic heterocycles. The van der Waals surface area contributed by atoms with E-state index in [4.69, 9.17) is 4.52 Å². The fraction of sp³-hybridized carbons (Fsp3) is 0.389. The van der Waals surface area contributed by atoms with Crippen molar-refractivity contribution in [2.75, 3.05) is 20.1 Å². The van der Waals surface area contributed by atoms with Gasteiger partial charge in [-0.2, -0.15) is 4.98 Å². The zero-order valence-corrected chi connectivity index (χ0v) is 19.2. The van der Waals surface area contributed by atoms with Gasteiger partial charge in [0.05, 0.1) is 10.7 Å². The van der Waals surface area contributed by atoms with Crippen molar-refractivity contribution in [2.45, 2.75) is 26.7 Å². The monoisotopic (exact) mass is 513 g/mol. The molecule has 0 amide bonds. The lowest BCUT2D eigenvalue weighted by Crippen LogP contribution is -2.39. The van der Waals surface area contributed by atoms with E-state index >= 15 is 0 Å². The number of hydrogen-bond donors (Lipinski definition) is 2. The van der Waals surface area contributed by atoms with Crippen molar-refractivity contribution in [2.24, 2.45) is 4.99 Å². The number of guanidine groups is 1. The van der Waals surface area contributed by atoms with E-state index in [0.29, 0.717) is 30.4 Å². The molecule has 0 fully saturated rings. The number of aryl methyl sites for hydroxylation is 2. The number of rotatable bonds is 7. The number of hydrogen-bond acceptors (Lipinski definition) is 7. The Kier molecular flexibility index (Phi) is 8.77. The highest BCUT2D eigenvalue weighted by molar-refractivity contribution is 14.0. The van der Waals surface area contributed by atoms with Crippen LogP contribution in [0.25, 0.3) is 11.6 Å². The Balaban J connectivity index is 0.00000280. The van der Waals surface area contributed by atoms with Crippen molar-refractivity contribution >= 4 is 41.3 Å². The van der Waals surface area contributed by atoms with Crippen molar-refractivity contribution < 1.29 is 4.52 Å². The van der Waals surface area contributed by atoms with Crippen LogP contribution in [0.3, 0.4) is 0 Å². The molecule has 0 aliphatic carbocycles. The molecule has 3 heterocycles. The van der Waals surface area contributed by atoms with Crippen molar-refractivity contribution in [3.63, 3.8) is 0 Å². The molecule has 0 aliphatic rings. The van der Waals surface area contributed by atoms with Crippen molar-refractivity contribution in [3.8, 4) is 11.6 Å². The van der Waals surface area contributed by atoms with Gasteiger partial charge in [-0.3, -0.25) is 9.98 Å². The van der Waals surface area contributed by atoms with Gasteiger partial charge in [0.15, 0.2) is 11.8 Å². The summed E-state index contributed by atoms with van der Waals surface area (Å²) in [5, 5.41) is 11.7. The summed E-state index contributed by atoms with van der Waals surface area (Å²) in [6, 6.07) is 5.57. The fourth-order valence-corrected chi connectivity index (χ4v) is 3.33. The lowest BCUT2D eigenvalue weighted by molar-refractivity contribution is 0.421. The molecule has 2 N–H and O–H groups in total. The third-order valence-electron chi connectivity index (χ3n) is 3.92. The number of thiazole rings is 1. The molecular formula is C18H24IN7OS. The first-order valence-corrected chi connectivity index (χ1v) is 9.58. The third-order valence-corrected chi connectivity index (χ3v) is 5.05. The Morgan fingerprint density at radius 1 is 1.14 bits per heavy atom. The SMILES string of the molecule is CN=C(NCCc1noc(-c2ccccn2)n1)NCCc1nc(C)c(C)s1.I. The molecule has 3 aromatic heterocycles. The van der Waals surface area contributed by atoms with Crippen LogP contribution in [0, 0.1) is 13.8 Å². The van der Waals surface area contributed by atoms with Gasteiger partial charge in [-0.05, 0) is 26.0 Å². The molecular weight excluding hydrogens is 489 g/mol. The van der Waals surface area contributed by atoms with E-state index in [0.717, 1.165) is 29.6 Å². The van der Waals surface area contributed by atoms with E-state index in [2.05, 4.69) is 42.7 Å². The number of pyridine rings is 1. The van der Waals surface area contributed by atoms with Gasteiger partial charge in [-0.15, -0.1) is 35.3 Å². The summed E-state index contributed by atoms with van der Waals surface area (Å²) in [5.74, 6) is 1.81. The fourth-order valence-electron chi connectivity index (χ4n) is 2.40. The molecule has 3 rings (SSSR count). The van der Waals surface area contributed by atoms with Gasteiger partial charge in [0, 0.05) is 44.1 Å². The van der Waals surface area contributed by atoms with E-state index in [9.17, 15) is 0 Å². The van der Waals surface area contributed by atoms with E-state index in [1.807, 2.05) is 25.1 Å². The first kappa shape index (κ1) is 22.2. The Morgan fingerprint density at radius 2 is 1.93 bits per heavy atom. The van der Waals surface area contributed by atoms with Gasteiger partial charge < -0.3 is 15.2 Å². The highest BCUT2D eigenvalue weighted by atomic mass is 127. The Bertz CT molecular complexity index is 875. The molecule has 0 saturated carbocycles. The molecule has 10 heteroatoms. The van der Waals surface area contributed by atoms with Crippen LogP contribution in [0.2, 0.25) is 0 Å². The predicted molar refractivity (Wildman–Crippen MR) is 121 cm³/mol. The summed E-state index contributed by atoms with van der Waals surface area (Å²) >= 11 is 1.75. The van der Waals surface area contributed by atoms with Crippen LogP contribution in [-0.2, 0) is 12.8 Å². The highest BCUT2D eigenvalue weighted by Crippen LogP contribution is 2.16. The van der Waals surface area contributed by atoms with Gasteiger partial charge in [-0.1, -0.05) is 11.2 Å². The normalized spacial score (nSPS) is 11.2. The van der Waals surface area contributed by atoms with Crippen LogP contribution >= 0.6 is 35.3 Å². The predicted octanol–water partition coefficient (Wildman–Crippen LogP) is 2.77. The maximum atomic E-state index is 5.26. The highest BCUT2D eigenvalue weighted by Gasteiger charge is 2.09. The minimum absolute atomic E-state index is 0. The van der Waals surface area contributed by atoms with E-state index in [1.54, 1.807) is 24.6 Å². The number of nitrogens with one attached hydrogen (secondary N) is 2. The summed E-state index contributed by atoms with van der Waals surface area (Å²) in [7, 11) is 1.75. The van der Waals surface area contributed by atoms with Crippen LogP contribution in [0.1, 0.15) is 21.4 Å². The van der Waals surface area contributed by atoms with Gasteiger partial charge >= 0.3 is 0 Å². The molecule has 0 unspecified atom stereocenters. The third kappa shape index (κ3) is 6.23. The minimum atomic E-state index is 0. The molecule has 0 saturated heterocycles. The zero-order chi connectivity index (χ0) is 19.1. The number of nitrogens with zero attached hydrogens (tertiary/aromatic N) is 5. The molecule has 0 spiro atoms. The second-order valence-electron chi connectivity index (χ2n) is 5.91. The molecule has 150 valence electrons. The minimum Gasteiger partial charge on any atom is -0.356 e. The zero-order valence-electron chi connectivity index (χ0n) is 16.1. The van der Waals surface area contributed by atoms with Crippen LogP contribution in [0.4, 0.5) is 0 Å². The van der Waals surface area contributed by atoms with Crippen LogP contribution in [0.5, 0.6) is 0 Å². The number of aromatic nitrogens is 4. The summed E-state index contributed by atoms with van der Waals surface area (Å²) in [6.07, 6.45) is 3.20. The standard InChI is InChI=1S/C18H23N7OS.HI/c1-12-13(2)27-16(23-12)8-11-22-18(19-3)21-10-7-15-24-17(26-25-15)14-6-4-5-9-20-14;/h4-6,9H,7-8,10-11H2,1-3H3,(H2,19,21,22);1H. The van der Waals surface area contributed by atoms with Crippen LogP contribution in [-0.4, -0.2) is 46.2 Å². The molecule has 28 heavy (non-hydrogen) atoms. The second kappa shape index (κ2) is 11.1. The summed E-state index contributed by atoms with van der Waals surface area (Å²) in [6.45, 7) is 5.57. The molecule has 0 atom stereocenters. The average Bonchev–Trinajstić information content (AvgIpc) is 3.28. The van der Waals surface area contributed by atoms with Crippen molar-refractivity contribution in [1.82, 2.24) is 30.7 Å². The second-order valence-corrected chi connectivity index (χ2v) is 7.19. The Hall–Kier alpha value is -2.08. The average molecular weight is 513 g/mol. The quantitative estimate of drug-likeness (QED) is 0.285. The molecule has 0 bridgehead atoms. The van der Waals surface area contributed by atoms with Gasteiger partial charge in [0.2, 0.25) is 0 Å². The first-order valence-electron chi connectivity index (χ1n) is 8.77.